The van der Waals surface area contributed by atoms with Gasteiger partial charge in [-0.25, -0.2) is 4.98 Å². The maximum absolute atomic E-state index is 12.9. The van der Waals surface area contributed by atoms with Crippen LogP contribution in [0.1, 0.15) is 87.9 Å². The van der Waals surface area contributed by atoms with Gasteiger partial charge in [-0.1, -0.05) is 6.07 Å². The molecule has 40 heavy (non-hydrogen) atoms. The molecule has 216 valence electrons. The molecule has 2 amide bonds. The number of nitrogens with one attached hydrogen (secondary N) is 1. The van der Waals surface area contributed by atoms with E-state index in [0.29, 0.717) is 18.4 Å². The summed E-state index contributed by atoms with van der Waals surface area (Å²) >= 11 is 1.55. The Hall–Kier alpha value is -2.79. The van der Waals surface area contributed by atoms with Crippen LogP contribution in [0.3, 0.4) is 0 Å². The predicted octanol–water partition coefficient (Wildman–Crippen LogP) is 5.14. The molecule has 1 aromatic carbocycles. The molecule has 11 heteroatoms. The standard InChI is InChI=1S/C29H35F3N4O3S/c30-29(31,32)22-5-3-4-21(15-22)26(38)33-16-24(37)14-19-10-13-36(18-19)23-8-6-20(7-9-23)27-34-17-25(40-27)28(39)35-11-1-2-12-35/h3-5,15,17,19-20,23H,1-2,6-14,16,18H2,(H,33,38)/t19-,20?,23?/m0/s1. The monoisotopic (exact) mass is 576 g/mol. The number of carbonyl (C=O) groups is 3. The SMILES string of the molecule is O=C(CNC(=O)c1cccc(C(F)(F)F)c1)C[C@@H]1CCN(C2CCC(c3ncc(C(=O)N4CCCC4)s3)CC2)C1. The van der Waals surface area contributed by atoms with E-state index in [9.17, 15) is 27.6 Å². The molecule has 1 saturated carbocycles. The molecule has 1 aromatic heterocycles. The van der Waals surface area contributed by atoms with Crippen molar-refractivity contribution in [3.8, 4) is 0 Å². The number of likely N-dealkylation sites (tertiary alicyclic amines) is 2. The Morgan fingerprint density at radius 3 is 2.50 bits per heavy atom. The molecule has 3 fully saturated rings. The van der Waals surface area contributed by atoms with Crippen LogP contribution in [0.5, 0.6) is 0 Å². The second-order valence-electron chi connectivity index (χ2n) is 11.2. The minimum absolute atomic E-state index is 0.112. The van der Waals surface area contributed by atoms with Crippen LogP contribution >= 0.6 is 11.3 Å². The summed E-state index contributed by atoms with van der Waals surface area (Å²) in [6.45, 7) is 3.28. The average Bonchev–Trinajstić information content (AvgIpc) is 3.74. The van der Waals surface area contributed by atoms with Crippen LogP contribution < -0.4 is 5.32 Å². The lowest BCUT2D eigenvalue weighted by Crippen LogP contribution is -2.36. The van der Waals surface area contributed by atoms with Crippen molar-refractivity contribution < 1.29 is 27.6 Å². The molecule has 1 N–H and O–H groups in total. The molecule has 1 aliphatic carbocycles. The van der Waals surface area contributed by atoms with Gasteiger partial charge in [0.2, 0.25) is 0 Å². The topological polar surface area (TPSA) is 82.6 Å². The number of carbonyl (C=O) groups excluding carboxylic acids is 3. The van der Waals surface area contributed by atoms with E-state index in [0.717, 1.165) is 93.1 Å². The van der Waals surface area contributed by atoms with E-state index >= 15 is 0 Å². The zero-order chi connectivity index (χ0) is 28.3. The summed E-state index contributed by atoms with van der Waals surface area (Å²) in [6, 6.07) is 4.67. The Balaban J connectivity index is 1.03. The highest BCUT2D eigenvalue weighted by molar-refractivity contribution is 7.13. The Bertz CT molecular complexity index is 1220. The number of alkyl halides is 3. The first-order valence-electron chi connectivity index (χ1n) is 14.1. The Labute approximate surface area is 236 Å². The second-order valence-corrected chi connectivity index (χ2v) is 12.3. The van der Waals surface area contributed by atoms with Gasteiger partial charge in [0.1, 0.15) is 4.88 Å². The zero-order valence-electron chi connectivity index (χ0n) is 22.4. The molecule has 0 unspecified atom stereocenters. The predicted molar refractivity (Wildman–Crippen MR) is 145 cm³/mol. The van der Waals surface area contributed by atoms with Gasteiger partial charge >= 0.3 is 6.18 Å². The van der Waals surface area contributed by atoms with Gasteiger partial charge < -0.3 is 15.1 Å². The van der Waals surface area contributed by atoms with E-state index in [1.165, 1.54) is 12.1 Å². The van der Waals surface area contributed by atoms with Crippen LogP contribution in [0.4, 0.5) is 13.2 Å². The molecule has 3 heterocycles. The molecule has 5 rings (SSSR count). The molecule has 2 aromatic rings. The molecule has 0 radical (unpaired) electrons. The van der Waals surface area contributed by atoms with Crippen molar-refractivity contribution in [1.29, 1.82) is 0 Å². The van der Waals surface area contributed by atoms with Crippen molar-refractivity contribution in [2.75, 3.05) is 32.7 Å². The fourth-order valence-corrected chi connectivity index (χ4v) is 7.27. The maximum Gasteiger partial charge on any atom is 0.416 e. The molecule has 2 saturated heterocycles. The number of nitrogens with zero attached hydrogens (tertiary/aromatic N) is 3. The normalized spacial score (nSPS) is 23.9. The van der Waals surface area contributed by atoms with Crippen molar-refractivity contribution in [1.82, 2.24) is 20.1 Å². The molecule has 0 spiro atoms. The molecule has 7 nitrogen and oxygen atoms in total. The molecular weight excluding hydrogens is 541 g/mol. The van der Waals surface area contributed by atoms with E-state index in [2.05, 4.69) is 15.2 Å². The lowest BCUT2D eigenvalue weighted by molar-refractivity contribution is -0.137. The van der Waals surface area contributed by atoms with Gasteiger partial charge in [-0.3, -0.25) is 14.4 Å². The fourth-order valence-electron chi connectivity index (χ4n) is 6.21. The molecule has 2 aliphatic heterocycles. The van der Waals surface area contributed by atoms with Gasteiger partial charge in [-0.15, -0.1) is 11.3 Å². The van der Waals surface area contributed by atoms with Gasteiger partial charge in [0.05, 0.1) is 23.3 Å². The number of benzene rings is 1. The minimum Gasteiger partial charge on any atom is -0.345 e. The molecule has 3 aliphatic rings. The fraction of sp³-hybridized carbons (Fsp3) is 0.586. The lowest BCUT2D eigenvalue weighted by Gasteiger charge is -2.34. The number of aromatic nitrogens is 1. The highest BCUT2D eigenvalue weighted by atomic mass is 32.1. The number of hydrogen-bond donors (Lipinski definition) is 1. The van der Waals surface area contributed by atoms with Crippen molar-refractivity contribution in [2.24, 2.45) is 5.92 Å². The highest BCUT2D eigenvalue weighted by Gasteiger charge is 2.34. The number of rotatable bonds is 8. The minimum atomic E-state index is -4.53. The summed E-state index contributed by atoms with van der Waals surface area (Å²) in [5.41, 5.74) is -1.01. The van der Waals surface area contributed by atoms with E-state index < -0.39 is 17.6 Å². The third-order valence-corrected chi connectivity index (χ3v) is 9.57. The van der Waals surface area contributed by atoms with Crippen molar-refractivity contribution in [3.63, 3.8) is 0 Å². The zero-order valence-corrected chi connectivity index (χ0v) is 23.2. The second kappa shape index (κ2) is 12.4. The summed E-state index contributed by atoms with van der Waals surface area (Å²) < 4.78 is 38.7. The highest BCUT2D eigenvalue weighted by Crippen LogP contribution is 2.38. The van der Waals surface area contributed by atoms with E-state index in [-0.39, 0.29) is 29.7 Å². The maximum atomic E-state index is 12.9. The number of ketones is 1. The first-order valence-corrected chi connectivity index (χ1v) is 14.9. The van der Waals surface area contributed by atoms with Crippen LogP contribution in [0, 0.1) is 5.92 Å². The van der Waals surface area contributed by atoms with Crippen LogP contribution in [0.25, 0.3) is 0 Å². The van der Waals surface area contributed by atoms with E-state index in [4.69, 9.17) is 0 Å². The first kappa shape index (κ1) is 28.7. The van der Waals surface area contributed by atoms with Gasteiger partial charge in [0.15, 0.2) is 5.78 Å². The average molecular weight is 577 g/mol. The number of halogens is 3. The number of hydrogen-bond acceptors (Lipinski definition) is 6. The van der Waals surface area contributed by atoms with Gasteiger partial charge in [-0.2, -0.15) is 13.2 Å². The Kier molecular flexibility index (Phi) is 8.89. The van der Waals surface area contributed by atoms with Crippen LogP contribution in [0.2, 0.25) is 0 Å². The van der Waals surface area contributed by atoms with Crippen LogP contribution in [-0.2, 0) is 11.0 Å². The summed E-state index contributed by atoms with van der Waals surface area (Å²) in [4.78, 5) is 47.2. The quantitative estimate of drug-likeness (QED) is 0.471. The van der Waals surface area contributed by atoms with Crippen molar-refractivity contribution >= 4 is 28.9 Å². The molecule has 0 bridgehead atoms. The number of thiazole rings is 1. The van der Waals surface area contributed by atoms with Crippen LogP contribution in [0.15, 0.2) is 30.5 Å². The van der Waals surface area contributed by atoms with Crippen molar-refractivity contribution in [3.05, 3.63) is 51.5 Å². The van der Waals surface area contributed by atoms with Crippen LogP contribution in [-0.4, -0.2) is 71.1 Å². The molecule has 1 atom stereocenters. The summed E-state index contributed by atoms with van der Waals surface area (Å²) in [5, 5.41) is 3.54. The third kappa shape index (κ3) is 6.91. The van der Waals surface area contributed by atoms with E-state index in [1.54, 1.807) is 17.5 Å². The smallest absolute Gasteiger partial charge is 0.345 e. The number of amides is 2. The Morgan fingerprint density at radius 2 is 1.77 bits per heavy atom. The van der Waals surface area contributed by atoms with Crippen molar-refractivity contribution in [2.45, 2.75) is 69.5 Å². The number of Topliss-reactive ketones (excluding diaryl/α,β-unsaturated/α-hetero) is 1. The van der Waals surface area contributed by atoms with E-state index in [1.807, 2.05) is 4.90 Å². The Morgan fingerprint density at radius 1 is 1.02 bits per heavy atom. The summed E-state index contributed by atoms with van der Waals surface area (Å²) in [7, 11) is 0. The van der Waals surface area contributed by atoms with Gasteiger partial charge in [-0.05, 0) is 75.6 Å². The first-order chi connectivity index (χ1) is 19.2. The summed E-state index contributed by atoms with van der Waals surface area (Å²) in [5.74, 6) is -0.0747. The molecular formula is C29H35F3N4O3S. The third-order valence-electron chi connectivity index (χ3n) is 8.42. The lowest BCUT2D eigenvalue weighted by atomic mass is 9.85. The largest absolute Gasteiger partial charge is 0.416 e. The van der Waals surface area contributed by atoms with Gasteiger partial charge in [0.25, 0.3) is 11.8 Å². The van der Waals surface area contributed by atoms with Gasteiger partial charge in [0, 0.05) is 43.6 Å². The summed E-state index contributed by atoms with van der Waals surface area (Å²) in [6.07, 6.45) is 4.84.